The second-order valence-electron chi connectivity index (χ2n) is 9.05. The second-order valence-corrected chi connectivity index (χ2v) is 13.0. The first-order valence-corrected chi connectivity index (χ1v) is 13.4. The highest BCUT2D eigenvalue weighted by atomic mass is 32.7. The molecule has 33 heavy (non-hydrogen) atoms. The van der Waals surface area contributed by atoms with E-state index in [9.17, 15) is 14.5 Å². The van der Waals surface area contributed by atoms with Crippen LogP contribution in [0.25, 0.3) is 11.2 Å². The number of aliphatic hydroxyl groups is 1. The van der Waals surface area contributed by atoms with Crippen LogP contribution in [0.5, 0.6) is 5.88 Å². The number of rotatable bonds is 5. The topological polar surface area (TPSA) is 144 Å². The van der Waals surface area contributed by atoms with Crippen LogP contribution in [0.2, 0.25) is 0 Å². The molecule has 1 N–H and O–H groups in total. The molecule has 0 aromatic carbocycles. The first-order valence-electron chi connectivity index (χ1n) is 10.2. The van der Waals surface area contributed by atoms with E-state index in [1.54, 1.807) is 32.3 Å². The van der Waals surface area contributed by atoms with Crippen molar-refractivity contribution in [1.82, 2.24) is 19.5 Å². The second kappa shape index (κ2) is 8.47. The van der Waals surface area contributed by atoms with Crippen LogP contribution < -0.4 is 4.74 Å². The molecule has 0 radical (unpaired) electrons. The summed E-state index contributed by atoms with van der Waals surface area (Å²) in [7, 11) is 1.48. The Kier molecular flexibility index (Phi) is 6.26. The van der Waals surface area contributed by atoms with Gasteiger partial charge in [0.25, 0.3) is 0 Å². The molecule has 2 saturated heterocycles. The number of carbonyl (C=O) groups is 1. The number of ether oxygens (including phenoxy) is 3. The van der Waals surface area contributed by atoms with Crippen LogP contribution in [0.1, 0.15) is 39.7 Å². The van der Waals surface area contributed by atoms with Gasteiger partial charge in [-0.2, -0.15) is 4.98 Å². The van der Waals surface area contributed by atoms with E-state index in [0.29, 0.717) is 22.9 Å². The van der Waals surface area contributed by atoms with Crippen LogP contribution in [0.3, 0.4) is 0 Å². The lowest BCUT2D eigenvalue weighted by atomic mass is 9.96. The van der Waals surface area contributed by atoms with Crippen molar-refractivity contribution in [1.29, 1.82) is 0 Å². The molecule has 182 valence electrons. The molecule has 14 heteroatoms. The minimum absolute atomic E-state index is 0.0707. The molecule has 5 atom stereocenters. The Hall–Kier alpha value is -1.76. The Morgan fingerprint density at radius 2 is 2.15 bits per heavy atom. The highest BCUT2D eigenvalue weighted by Crippen LogP contribution is 2.66. The van der Waals surface area contributed by atoms with Gasteiger partial charge in [0.05, 0.1) is 25.5 Å². The van der Waals surface area contributed by atoms with Crippen LogP contribution in [-0.2, 0) is 27.9 Å². The molecule has 4 heterocycles. The Morgan fingerprint density at radius 3 is 2.82 bits per heavy atom. The fourth-order valence-corrected chi connectivity index (χ4v) is 6.47. The fourth-order valence-electron chi connectivity index (χ4n) is 3.61. The SMILES string of the molecule is COc1nc(C)nc2c1ncn2[C@@H]1O[C@@H]2COP(=O)(SCOC(=O)C(C)(C)C)O[C@H]2[C@@]1(C)O. The number of carbonyl (C=O) groups excluding carboxylic acids is 1. The first kappa shape index (κ1) is 24.4. The Bertz CT molecular complexity index is 1120. The largest absolute Gasteiger partial charge is 0.479 e. The summed E-state index contributed by atoms with van der Waals surface area (Å²) in [5, 5.41) is 11.4. The van der Waals surface area contributed by atoms with Gasteiger partial charge in [-0.3, -0.25) is 18.4 Å². The van der Waals surface area contributed by atoms with Crippen LogP contribution in [0.4, 0.5) is 0 Å². The van der Waals surface area contributed by atoms with Gasteiger partial charge in [-0.05, 0) is 34.6 Å². The lowest BCUT2D eigenvalue weighted by Crippen LogP contribution is -2.47. The lowest BCUT2D eigenvalue weighted by Gasteiger charge is -2.35. The summed E-state index contributed by atoms with van der Waals surface area (Å²) in [6.07, 6.45) is -1.13. The number of imidazole rings is 1. The third kappa shape index (κ3) is 4.50. The van der Waals surface area contributed by atoms with Gasteiger partial charge in [0, 0.05) is 11.4 Å². The maximum absolute atomic E-state index is 13.1. The van der Waals surface area contributed by atoms with E-state index >= 15 is 0 Å². The molecule has 2 aromatic heterocycles. The van der Waals surface area contributed by atoms with E-state index in [-0.39, 0.29) is 12.5 Å². The zero-order valence-corrected chi connectivity index (χ0v) is 20.9. The van der Waals surface area contributed by atoms with Crippen molar-refractivity contribution in [3.63, 3.8) is 0 Å². The van der Waals surface area contributed by atoms with Gasteiger partial charge in [-0.25, -0.2) is 14.5 Å². The first-order chi connectivity index (χ1) is 15.4. The summed E-state index contributed by atoms with van der Waals surface area (Å²) in [6, 6.07) is 0. The van der Waals surface area contributed by atoms with Gasteiger partial charge in [-0.1, -0.05) is 0 Å². The molecule has 2 aliphatic heterocycles. The van der Waals surface area contributed by atoms with Crippen molar-refractivity contribution in [3.05, 3.63) is 12.2 Å². The maximum Gasteiger partial charge on any atom is 0.392 e. The summed E-state index contributed by atoms with van der Waals surface area (Å²) in [4.78, 5) is 24.9. The van der Waals surface area contributed by atoms with E-state index in [0.717, 1.165) is 11.4 Å². The van der Waals surface area contributed by atoms with Crippen molar-refractivity contribution < 1.29 is 37.7 Å². The van der Waals surface area contributed by atoms with Gasteiger partial charge in [-0.15, -0.1) is 0 Å². The summed E-state index contributed by atoms with van der Waals surface area (Å²) >= 11 is 0.747. The zero-order valence-electron chi connectivity index (χ0n) is 19.2. The van der Waals surface area contributed by atoms with Gasteiger partial charge >= 0.3 is 12.8 Å². The third-order valence-electron chi connectivity index (χ3n) is 5.32. The molecule has 0 bridgehead atoms. The average molecular weight is 502 g/mol. The lowest BCUT2D eigenvalue weighted by molar-refractivity contribution is -0.150. The molecule has 12 nitrogen and oxygen atoms in total. The smallest absolute Gasteiger partial charge is 0.392 e. The zero-order chi connectivity index (χ0) is 24.2. The predicted octanol–water partition coefficient (Wildman–Crippen LogP) is 2.60. The Labute approximate surface area is 194 Å². The molecule has 0 saturated carbocycles. The van der Waals surface area contributed by atoms with Crippen LogP contribution >= 0.6 is 18.2 Å². The summed E-state index contributed by atoms with van der Waals surface area (Å²) in [5.74, 6) is 0.116. The van der Waals surface area contributed by atoms with E-state index in [4.69, 9.17) is 23.3 Å². The number of nitrogens with zero attached hydrogens (tertiary/aromatic N) is 4. The average Bonchev–Trinajstić information content (AvgIpc) is 3.24. The van der Waals surface area contributed by atoms with Crippen LogP contribution in [-0.4, -0.2) is 68.1 Å². The van der Waals surface area contributed by atoms with Gasteiger partial charge in [0.1, 0.15) is 29.6 Å². The number of methoxy groups -OCH3 is 1. The van der Waals surface area contributed by atoms with Crippen molar-refractivity contribution in [2.75, 3.05) is 19.7 Å². The highest BCUT2D eigenvalue weighted by Gasteiger charge is 2.60. The highest BCUT2D eigenvalue weighted by molar-refractivity contribution is 8.55. The number of fused-ring (bicyclic) bond motifs is 2. The van der Waals surface area contributed by atoms with Gasteiger partial charge in [0.15, 0.2) is 17.4 Å². The van der Waals surface area contributed by atoms with Crippen molar-refractivity contribution in [2.45, 2.75) is 58.7 Å². The van der Waals surface area contributed by atoms with E-state index in [2.05, 4.69) is 15.0 Å². The van der Waals surface area contributed by atoms with E-state index < -0.39 is 42.2 Å². The monoisotopic (exact) mass is 502 g/mol. The summed E-state index contributed by atoms with van der Waals surface area (Å²) in [6.45, 7) is 4.61. The summed E-state index contributed by atoms with van der Waals surface area (Å²) < 4.78 is 42.4. The fraction of sp³-hybridized carbons (Fsp3) is 0.684. The van der Waals surface area contributed by atoms with Gasteiger partial charge in [0.2, 0.25) is 5.88 Å². The van der Waals surface area contributed by atoms with E-state index in [1.165, 1.54) is 20.4 Å². The number of esters is 1. The number of hydrogen-bond acceptors (Lipinski definition) is 12. The number of hydrogen-bond donors (Lipinski definition) is 1. The van der Waals surface area contributed by atoms with Crippen molar-refractivity contribution in [3.8, 4) is 5.88 Å². The summed E-state index contributed by atoms with van der Waals surface area (Å²) in [5.41, 5.74) is -1.47. The third-order valence-corrected chi connectivity index (χ3v) is 8.65. The molecule has 2 fully saturated rings. The minimum atomic E-state index is -3.71. The number of aryl methyl sites for hydroxylation is 1. The number of aromatic nitrogens is 4. The van der Waals surface area contributed by atoms with Crippen LogP contribution in [0, 0.1) is 12.3 Å². The molecule has 1 unspecified atom stereocenters. The molecular formula is C19H27N4O8PS. The quantitative estimate of drug-likeness (QED) is 0.364. The molecule has 0 aliphatic carbocycles. The van der Waals surface area contributed by atoms with Gasteiger partial charge < -0.3 is 19.3 Å². The minimum Gasteiger partial charge on any atom is -0.479 e. The standard InChI is InChI=1S/C19H27N4O8PS/c1-10-21-14-12(15(22-10)27-6)20-8-23(14)16-19(5,25)13-11(30-16)7-29-32(26,31-13)33-9-28-17(24)18(2,3)4/h8,11,13,16,25H,7,9H2,1-6H3/t11-,13-,16-,19-,32?/m1/s1. The van der Waals surface area contributed by atoms with E-state index in [1.807, 2.05) is 0 Å². The Balaban J connectivity index is 1.53. The molecule has 0 spiro atoms. The maximum atomic E-state index is 13.1. The molecule has 2 aliphatic rings. The predicted molar refractivity (Wildman–Crippen MR) is 118 cm³/mol. The Morgan fingerprint density at radius 1 is 1.42 bits per heavy atom. The molecular weight excluding hydrogens is 475 g/mol. The van der Waals surface area contributed by atoms with Crippen LogP contribution in [0.15, 0.2) is 6.33 Å². The molecule has 4 rings (SSSR count). The normalized spacial score (nSPS) is 32.0. The van der Waals surface area contributed by atoms with Crippen molar-refractivity contribution >= 4 is 35.3 Å². The molecule has 0 amide bonds. The van der Waals surface area contributed by atoms with Crippen molar-refractivity contribution in [2.24, 2.45) is 5.41 Å². The molecule has 2 aromatic rings.